The largest absolute Gasteiger partial charge is 0.326 e. The third-order valence-electron chi connectivity index (χ3n) is 3.99. The molecule has 21 heavy (non-hydrogen) atoms. The van der Waals surface area contributed by atoms with Crippen molar-refractivity contribution in [1.29, 1.82) is 0 Å². The summed E-state index contributed by atoms with van der Waals surface area (Å²) in [4.78, 5) is 2.24. The molecule has 6 heteroatoms. The highest BCUT2D eigenvalue weighted by Gasteiger charge is 2.35. The Morgan fingerprint density at radius 1 is 1.38 bits per heavy atom. The number of hydrogen-bond acceptors (Lipinski definition) is 4. The second-order valence-corrected chi connectivity index (χ2v) is 9.44. The van der Waals surface area contributed by atoms with Gasteiger partial charge in [0.05, 0.1) is 4.90 Å². The number of rotatable bonds is 6. The summed E-state index contributed by atoms with van der Waals surface area (Å²) in [6.45, 7) is 7.01. The van der Waals surface area contributed by atoms with E-state index >= 15 is 0 Å². The van der Waals surface area contributed by atoms with E-state index in [0.717, 1.165) is 35.4 Å². The standard InChI is InChI=1S/C15H26N2O2S2/c1-11(2)10-17(13-6-4-5-7-13)21(18,19)15-8-14(9-16)20-12(15)3/h8,11,13H,4-7,9-10,16H2,1-3H3. The maximum Gasteiger partial charge on any atom is 0.244 e. The van der Waals surface area contributed by atoms with Crippen molar-refractivity contribution in [3.05, 3.63) is 15.8 Å². The Kier molecular flexibility index (Phi) is 5.46. The molecule has 120 valence electrons. The Morgan fingerprint density at radius 2 is 2.00 bits per heavy atom. The van der Waals surface area contributed by atoms with Crippen molar-refractivity contribution < 1.29 is 8.42 Å². The van der Waals surface area contributed by atoms with Gasteiger partial charge in [-0.05, 0) is 31.7 Å². The molecule has 0 atom stereocenters. The summed E-state index contributed by atoms with van der Waals surface area (Å²) < 4.78 is 27.9. The van der Waals surface area contributed by atoms with Crippen LogP contribution in [0.5, 0.6) is 0 Å². The molecule has 1 saturated carbocycles. The number of nitrogens with zero attached hydrogens (tertiary/aromatic N) is 1. The lowest BCUT2D eigenvalue weighted by Crippen LogP contribution is -2.41. The van der Waals surface area contributed by atoms with E-state index in [4.69, 9.17) is 5.73 Å². The fraction of sp³-hybridized carbons (Fsp3) is 0.733. The summed E-state index contributed by atoms with van der Waals surface area (Å²) in [7, 11) is -3.41. The van der Waals surface area contributed by atoms with Gasteiger partial charge in [-0.15, -0.1) is 11.3 Å². The van der Waals surface area contributed by atoms with Gasteiger partial charge in [0.1, 0.15) is 0 Å². The van der Waals surface area contributed by atoms with Gasteiger partial charge < -0.3 is 5.73 Å². The van der Waals surface area contributed by atoms with Gasteiger partial charge in [-0.1, -0.05) is 26.7 Å². The zero-order valence-electron chi connectivity index (χ0n) is 13.1. The van der Waals surface area contributed by atoms with Crippen LogP contribution < -0.4 is 5.73 Å². The molecule has 2 rings (SSSR count). The van der Waals surface area contributed by atoms with Gasteiger partial charge in [-0.3, -0.25) is 0 Å². The second kappa shape index (κ2) is 6.77. The van der Waals surface area contributed by atoms with Crippen LogP contribution in [0.3, 0.4) is 0 Å². The minimum atomic E-state index is -3.41. The van der Waals surface area contributed by atoms with E-state index in [0.29, 0.717) is 23.9 Å². The van der Waals surface area contributed by atoms with Crippen LogP contribution in [0.4, 0.5) is 0 Å². The molecule has 1 aromatic heterocycles. The van der Waals surface area contributed by atoms with E-state index in [1.807, 2.05) is 6.92 Å². The Labute approximate surface area is 132 Å². The highest BCUT2D eigenvalue weighted by molar-refractivity contribution is 7.89. The molecule has 4 nitrogen and oxygen atoms in total. The number of hydrogen-bond donors (Lipinski definition) is 1. The summed E-state index contributed by atoms with van der Waals surface area (Å²) in [5.74, 6) is 0.327. The number of thiophene rings is 1. The maximum absolute atomic E-state index is 13.1. The van der Waals surface area contributed by atoms with Crippen molar-refractivity contribution in [2.24, 2.45) is 11.7 Å². The van der Waals surface area contributed by atoms with E-state index in [1.54, 1.807) is 10.4 Å². The number of aryl methyl sites for hydroxylation is 1. The third-order valence-corrected chi connectivity index (χ3v) is 7.23. The molecule has 2 N–H and O–H groups in total. The van der Waals surface area contributed by atoms with E-state index in [2.05, 4.69) is 13.8 Å². The zero-order valence-corrected chi connectivity index (χ0v) is 14.8. The van der Waals surface area contributed by atoms with Gasteiger partial charge in [0.2, 0.25) is 10.0 Å². The Morgan fingerprint density at radius 3 is 2.48 bits per heavy atom. The lowest BCUT2D eigenvalue weighted by molar-refractivity contribution is 0.292. The summed E-state index contributed by atoms with van der Waals surface area (Å²) in [5, 5.41) is 0. The molecule has 1 aromatic rings. The number of nitrogens with two attached hydrogens (primary N) is 1. The summed E-state index contributed by atoms with van der Waals surface area (Å²) in [5.41, 5.74) is 5.66. The van der Waals surface area contributed by atoms with Crippen molar-refractivity contribution >= 4 is 21.4 Å². The van der Waals surface area contributed by atoms with Gasteiger partial charge in [-0.25, -0.2) is 8.42 Å². The Hall–Kier alpha value is -0.430. The van der Waals surface area contributed by atoms with Crippen LogP contribution in [0.15, 0.2) is 11.0 Å². The van der Waals surface area contributed by atoms with Crippen LogP contribution >= 0.6 is 11.3 Å². The van der Waals surface area contributed by atoms with E-state index in [1.165, 1.54) is 11.3 Å². The average molecular weight is 331 g/mol. The van der Waals surface area contributed by atoms with Crippen molar-refractivity contribution in [3.8, 4) is 0 Å². The van der Waals surface area contributed by atoms with E-state index in [-0.39, 0.29) is 6.04 Å². The zero-order chi connectivity index (χ0) is 15.6. The highest BCUT2D eigenvalue weighted by atomic mass is 32.2. The predicted octanol–water partition coefficient (Wildman–Crippen LogP) is 3.10. The Bertz CT molecular complexity index is 572. The van der Waals surface area contributed by atoms with Crippen LogP contribution in [0.25, 0.3) is 0 Å². The summed E-state index contributed by atoms with van der Waals surface area (Å²) in [6, 6.07) is 1.93. The first-order chi connectivity index (χ1) is 9.86. The van der Waals surface area contributed by atoms with E-state index in [9.17, 15) is 8.42 Å². The normalized spacial score (nSPS) is 17.2. The minimum Gasteiger partial charge on any atom is -0.326 e. The number of sulfonamides is 1. The lowest BCUT2D eigenvalue weighted by atomic mass is 10.2. The van der Waals surface area contributed by atoms with Crippen molar-refractivity contribution in [1.82, 2.24) is 4.31 Å². The molecule has 1 heterocycles. The molecular weight excluding hydrogens is 304 g/mol. The molecule has 0 amide bonds. The molecule has 1 aliphatic rings. The molecule has 0 aromatic carbocycles. The molecule has 0 radical (unpaired) electrons. The van der Waals surface area contributed by atoms with Crippen LogP contribution in [0, 0.1) is 12.8 Å². The average Bonchev–Trinajstić information content (AvgIpc) is 3.04. The van der Waals surface area contributed by atoms with Crippen LogP contribution in [0.2, 0.25) is 0 Å². The molecule has 0 bridgehead atoms. The molecule has 0 saturated heterocycles. The van der Waals surface area contributed by atoms with Gasteiger partial charge in [0.25, 0.3) is 0 Å². The summed E-state index contributed by atoms with van der Waals surface area (Å²) in [6.07, 6.45) is 4.23. The van der Waals surface area contributed by atoms with Crippen molar-refractivity contribution in [2.75, 3.05) is 6.54 Å². The molecule has 1 aliphatic carbocycles. The van der Waals surface area contributed by atoms with Gasteiger partial charge in [0, 0.05) is 28.9 Å². The quantitative estimate of drug-likeness (QED) is 0.871. The molecule has 1 fully saturated rings. The van der Waals surface area contributed by atoms with Crippen molar-refractivity contribution in [2.45, 2.75) is 63.9 Å². The fourth-order valence-electron chi connectivity index (χ4n) is 3.00. The van der Waals surface area contributed by atoms with Crippen molar-refractivity contribution in [3.63, 3.8) is 0 Å². The molecule has 0 aliphatic heterocycles. The SMILES string of the molecule is Cc1sc(CN)cc1S(=O)(=O)N(CC(C)C)C1CCCC1. The predicted molar refractivity (Wildman–Crippen MR) is 87.9 cm³/mol. The smallest absolute Gasteiger partial charge is 0.244 e. The monoisotopic (exact) mass is 330 g/mol. The molecule has 0 unspecified atom stereocenters. The van der Waals surface area contributed by atoms with Gasteiger partial charge >= 0.3 is 0 Å². The van der Waals surface area contributed by atoms with Gasteiger partial charge in [-0.2, -0.15) is 4.31 Å². The maximum atomic E-state index is 13.1. The Balaban J connectivity index is 2.38. The van der Waals surface area contributed by atoms with Gasteiger partial charge in [0.15, 0.2) is 0 Å². The van der Waals surface area contributed by atoms with Crippen LogP contribution in [-0.2, 0) is 16.6 Å². The first-order valence-corrected chi connectivity index (χ1v) is 9.93. The third kappa shape index (κ3) is 3.67. The lowest BCUT2D eigenvalue weighted by Gasteiger charge is -2.29. The summed E-state index contributed by atoms with van der Waals surface area (Å²) >= 11 is 1.49. The highest BCUT2D eigenvalue weighted by Crippen LogP contribution is 2.33. The molecular formula is C15H26N2O2S2. The fourth-order valence-corrected chi connectivity index (χ4v) is 6.34. The van der Waals surface area contributed by atoms with E-state index < -0.39 is 10.0 Å². The first kappa shape index (κ1) is 16.9. The van der Waals surface area contributed by atoms with Crippen LogP contribution in [-0.4, -0.2) is 25.3 Å². The van der Waals surface area contributed by atoms with Crippen LogP contribution in [0.1, 0.15) is 49.3 Å². The minimum absolute atomic E-state index is 0.165. The topological polar surface area (TPSA) is 63.4 Å². The molecule has 0 spiro atoms. The second-order valence-electron chi connectivity index (χ2n) is 6.24. The first-order valence-electron chi connectivity index (χ1n) is 7.67.